The lowest BCUT2D eigenvalue weighted by Gasteiger charge is -2.28. The van der Waals surface area contributed by atoms with Crippen molar-refractivity contribution in [3.8, 4) is 0 Å². The zero-order chi connectivity index (χ0) is 20.2. The first-order valence-electron chi connectivity index (χ1n) is 7.88. The van der Waals surface area contributed by atoms with E-state index in [9.17, 15) is 22.4 Å². The van der Waals surface area contributed by atoms with E-state index in [4.69, 9.17) is 0 Å². The van der Waals surface area contributed by atoms with E-state index in [1.165, 1.54) is 56.5 Å². The summed E-state index contributed by atoms with van der Waals surface area (Å²) in [4.78, 5) is 24.2. The van der Waals surface area contributed by atoms with Gasteiger partial charge >= 0.3 is 5.97 Å². The lowest BCUT2D eigenvalue weighted by Crippen LogP contribution is -2.45. The number of rotatable bonds is 6. The minimum absolute atomic E-state index is 0.219. The number of halogens is 1. The molecule has 1 atom stereocenters. The molecule has 0 aliphatic carbocycles. The molecule has 144 valence electrons. The maximum atomic E-state index is 14.1. The van der Waals surface area contributed by atoms with Crippen LogP contribution in [0.3, 0.4) is 0 Å². The number of nitrogens with one attached hydrogen (secondary N) is 1. The minimum atomic E-state index is -3.94. The second-order valence-electron chi connectivity index (χ2n) is 5.75. The zero-order valence-electron chi connectivity index (χ0n) is 15.0. The maximum absolute atomic E-state index is 14.1. The normalized spacial score (nSPS) is 12.1. The third kappa shape index (κ3) is 4.82. The first kappa shape index (κ1) is 20.4. The Hall–Kier alpha value is -2.94. The molecule has 0 saturated carbocycles. The topological polar surface area (TPSA) is 92.8 Å². The van der Waals surface area contributed by atoms with Gasteiger partial charge in [-0.05, 0) is 37.3 Å². The molecule has 2 aromatic carbocycles. The van der Waals surface area contributed by atoms with Crippen molar-refractivity contribution in [1.29, 1.82) is 0 Å². The Labute approximate surface area is 156 Å². The summed E-state index contributed by atoms with van der Waals surface area (Å²) >= 11 is 0. The van der Waals surface area contributed by atoms with Crippen molar-refractivity contribution < 1.29 is 27.1 Å². The van der Waals surface area contributed by atoms with Gasteiger partial charge in [0.2, 0.25) is 15.9 Å². The standard InChI is InChI=1S/C18H19FN2O5S/c1-12(21(27(3,24)25)16-10-5-4-9-15(16)19)17(22)20-14-8-6-7-13(11-14)18(23)26-2/h4-12H,1-3H3,(H,20,22). The van der Waals surface area contributed by atoms with E-state index < -0.39 is 33.8 Å². The van der Waals surface area contributed by atoms with Crippen molar-refractivity contribution in [3.05, 3.63) is 59.9 Å². The Balaban J connectivity index is 2.31. The Morgan fingerprint density at radius 1 is 1.15 bits per heavy atom. The van der Waals surface area contributed by atoms with E-state index in [2.05, 4.69) is 10.1 Å². The molecular formula is C18H19FN2O5S. The summed E-state index contributed by atoms with van der Waals surface area (Å²) in [6.45, 7) is 1.34. The number of benzene rings is 2. The van der Waals surface area contributed by atoms with Gasteiger partial charge in [0.15, 0.2) is 0 Å². The number of nitrogens with zero attached hydrogens (tertiary/aromatic N) is 1. The zero-order valence-corrected chi connectivity index (χ0v) is 15.8. The predicted molar refractivity (Wildman–Crippen MR) is 99.6 cm³/mol. The lowest BCUT2D eigenvalue weighted by atomic mass is 10.2. The van der Waals surface area contributed by atoms with Gasteiger partial charge in [-0.2, -0.15) is 0 Å². The SMILES string of the molecule is COC(=O)c1cccc(NC(=O)C(C)N(c2ccccc2F)S(C)(=O)=O)c1. The molecular weight excluding hydrogens is 375 g/mol. The van der Waals surface area contributed by atoms with Crippen LogP contribution in [0.4, 0.5) is 15.8 Å². The molecule has 0 spiro atoms. The number of sulfonamides is 1. The smallest absolute Gasteiger partial charge is 0.337 e. The molecule has 1 unspecified atom stereocenters. The number of anilines is 2. The van der Waals surface area contributed by atoms with E-state index in [1.807, 2.05) is 0 Å². The van der Waals surface area contributed by atoms with Crippen molar-refractivity contribution >= 4 is 33.3 Å². The molecule has 0 saturated heterocycles. The maximum Gasteiger partial charge on any atom is 0.337 e. The van der Waals surface area contributed by atoms with Gasteiger partial charge in [-0.1, -0.05) is 18.2 Å². The van der Waals surface area contributed by atoms with E-state index in [0.717, 1.165) is 12.3 Å². The Bertz CT molecular complexity index is 962. The molecule has 1 amide bonds. The first-order chi connectivity index (χ1) is 12.6. The summed E-state index contributed by atoms with van der Waals surface area (Å²) in [7, 11) is -2.71. The summed E-state index contributed by atoms with van der Waals surface area (Å²) in [6, 6.07) is 10.0. The number of hydrogen-bond acceptors (Lipinski definition) is 5. The molecule has 0 radical (unpaired) electrons. The fourth-order valence-electron chi connectivity index (χ4n) is 2.50. The summed E-state index contributed by atoms with van der Waals surface area (Å²) < 4.78 is 43.8. The lowest BCUT2D eigenvalue weighted by molar-refractivity contribution is -0.116. The van der Waals surface area contributed by atoms with Gasteiger partial charge in [0, 0.05) is 5.69 Å². The first-order valence-corrected chi connectivity index (χ1v) is 9.73. The van der Waals surface area contributed by atoms with E-state index in [0.29, 0.717) is 4.31 Å². The van der Waals surface area contributed by atoms with Crippen LogP contribution in [-0.4, -0.2) is 39.7 Å². The highest BCUT2D eigenvalue weighted by atomic mass is 32.2. The van der Waals surface area contributed by atoms with Gasteiger partial charge in [-0.15, -0.1) is 0 Å². The number of esters is 1. The van der Waals surface area contributed by atoms with Gasteiger partial charge in [-0.25, -0.2) is 17.6 Å². The van der Waals surface area contributed by atoms with E-state index in [1.54, 1.807) is 0 Å². The quantitative estimate of drug-likeness (QED) is 0.760. The number of carbonyl (C=O) groups excluding carboxylic acids is 2. The van der Waals surface area contributed by atoms with Crippen LogP contribution < -0.4 is 9.62 Å². The van der Waals surface area contributed by atoms with Crippen LogP contribution in [0.2, 0.25) is 0 Å². The number of carbonyl (C=O) groups is 2. The van der Waals surface area contributed by atoms with Gasteiger partial charge in [-0.3, -0.25) is 9.10 Å². The van der Waals surface area contributed by atoms with Crippen LogP contribution in [0.1, 0.15) is 17.3 Å². The number of para-hydroxylation sites is 1. The summed E-state index contributed by atoms with van der Waals surface area (Å²) in [5.74, 6) is -2.04. The minimum Gasteiger partial charge on any atom is -0.465 e. The van der Waals surface area contributed by atoms with Gasteiger partial charge in [0.05, 0.1) is 24.6 Å². The van der Waals surface area contributed by atoms with Gasteiger partial charge in [0.25, 0.3) is 0 Å². The second kappa shape index (κ2) is 8.17. The van der Waals surface area contributed by atoms with Crippen LogP contribution >= 0.6 is 0 Å². The molecule has 0 aromatic heterocycles. The Morgan fingerprint density at radius 2 is 1.81 bits per heavy atom. The second-order valence-corrected chi connectivity index (χ2v) is 7.61. The Kier molecular flexibility index (Phi) is 6.17. The average molecular weight is 394 g/mol. The number of amides is 1. The van der Waals surface area contributed by atoms with Crippen LogP contribution in [-0.2, 0) is 19.6 Å². The van der Waals surface area contributed by atoms with Crippen molar-refractivity contribution in [2.24, 2.45) is 0 Å². The number of methoxy groups -OCH3 is 1. The van der Waals surface area contributed by atoms with Crippen LogP contribution in [0.25, 0.3) is 0 Å². The predicted octanol–water partition coefficient (Wildman–Crippen LogP) is 2.41. The highest BCUT2D eigenvalue weighted by Gasteiger charge is 2.31. The van der Waals surface area contributed by atoms with Crippen LogP contribution in [0.5, 0.6) is 0 Å². The van der Waals surface area contributed by atoms with Gasteiger partial charge < -0.3 is 10.1 Å². The molecule has 0 bridgehead atoms. The fourth-order valence-corrected chi connectivity index (χ4v) is 3.68. The van der Waals surface area contributed by atoms with Crippen molar-refractivity contribution in [2.45, 2.75) is 13.0 Å². The molecule has 27 heavy (non-hydrogen) atoms. The number of ether oxygens (including phenoxy) is 1. The fraction of sp³-hybridized carbons (Fsp3) is 0.222. The van der Waals surface area contributed by atoms with Crippen molar-refractivity contribution in [2.75, 3.05) is 23.0 Å². The molecule has 0 aliphatic rings. The average Bonchev–Trinajstić information content (AvgIpc) is 2.61. The monoisotopic (exact) mass is 394 g/mol. The van der Waals surface area contributed by atoms with Crippen LogP contribution in [0.15, 0.2) is 48.5 Å². The largest absolute Gasteiger partial charge is 0.465 e. The summed E-state index contributed by atoms with van der Waals surface area (Å²) in [6.07, 6.45) is 0.890. The van der Waals surface area contributed by atoms with E-state index in [-0.39, 0.29) is 16.9 Å². The summed E-state index contributed by atoms with van der Waals surface area (Å²) in [5.41, 5.74) is 0.264. The molecule has 9 heteroatoms. The molecule has 0 aliphatic heterocycles. The van der Waals surface area contributed by atoms with Crippen molar-refractivity contribution in [1.82, 2.24) is 0 Å². The van der Waals surface area contributed by atoms with Crippen molar-refractivity contribution in [3.63, 3.8) is 0 Å². The molecule has 1 N–H and O–H groups in total. The molecule has 0 heterocycles. The third-order valence-corrected chi connectivity index (χ3v) is 4.96. The molecule has 2 aromatic rings. The number of hydrogen-bond donors (Lipinski definition) is 1. The molecule has 0 fully saturated rings. The highest BCUT2D eigenvalue weighted by molar-refractivity contribution is 7.92. The third-order valence-electron chi connectivity index (χ3n) is 3.73. The highest BCUT2D eigenvalue weighted by Crippen LogP contribution is 2.24. The Morgan fingerprint density at radius 3 is 2.41 bits per heavy atom. The van der Waals surface area contributed by atoms with E-state index >= 15 is 0 Å². The molecule has 7 nitrogen and oxygen atoms in total. The molecule has 2 rings (SSSR count). The van der Waals surface area contributed by atoms with Gasteiger partial charge in [0.1, 0.15) is 11.9 Å². The van der Waals surface area contributed by atoms with Crippen LogP contribution in [0, 0.1) is 5.82 Å². The summed E-state index contributed by atoms with van der Waals surface area (Å²) in [5, 5.41) is 2.53.